The molecular formula is C10H16O3. The first kappa shape index (κ1) is 10.3. The second-order valence-corrected chi connectivity index (χ2v) is 3.24. The predicted octanol–water partition coefficient (Wildman–Crippen LogP) is 1.67. The van der Waals surface area contributed by atoms with Crippen LogP contribution >= 0.6 is 0 Å². The van der Waals surface area contributed by atoms with Gasteiger partial charge in [-0.05, 0) is 19.3 Å². The minimum atomic E-state index is -0.223. The van der Waals surface area contributed by atoms with Crippen molar-refractivity contribution >= 4 is 5.97 Å². The van der Waals surface area contributed by atoms with Crippen LogP contribution in [0, 0.1) is 0 Å². The van der Waals surface area contributed by atoms with E-state index in [1.807, 2.05) is 0 Å². The highest BCUT2D eigenvalue weighted by Crippen LogP contribution is 2.24. The Morgan fingerprint density at radius 3 is 2.85 bits per heavy atom. The predicted molar refractivity (Wildman–Crippen MR) is 49.3 cm³/mol. The zero-order valence-electron chi connectivity index (χ0n) is 7.99. The minimum absolute atomic E-state index is 0.0440. The highest BCUT2D eigenvalue weighted by molar-refractivity contribution is 5.66. The zero-order chi connectivity index (χ0) is 9.68. The number of hydrogen-bond donors (Lipinski definition) is 0. The number of carbonyl (C=O) groups is 1. The van der Waals surface area contributed by atoms with Crippen molar-refractivity contribution in [2.75, 3.05) is 6.61 Å². The Morgan fingerprint density at radius 2 is 2.23 bits per heavy atom. The largest absolute Gasteiger partial charge is 0.460 e. The molecule has 1 aliphatic rings. The van der Waals surface area contributed by atoms with Crippen LogP contribution in [0.3, 0.4) is 0 Å². The molecule has 74 valence electrons. The summed E-state index contributed by atoms with van der Waals surface area (Å²) in [5.41, 5.74) is 0. The number of esters is 1. The highest BCUT2D eigenvalue weighted by Gasteiger charge is 2.29. The molecule has 0 spiro atoms. The average molecular weight is 184 g/mol. The van der Waals surface area contributed by atoms with Crippen LogP contribution in [0.4, 0.5) is 0 Å². The Bertz CT molecular complexity index is 189. The third-order valence-electron chi connectivity index (χ3n) is 2.14. The van der Waals surface area contributed by atoms with Gasteiger partial charge in [0.25, 0.3) is 0 Å². The molecule has 1 saturated carbocycles. The van der Waals surface area contributed by atoms with Crippen molar-refractivity contribution in [1.29, 1.82) is 0 Å². The Morgan fingerprint density at radius 1 is 1.54 bits per heavy atom. The van der Waals surface area contributed by atoms with Crippen molar-refractivity contribution in [2.24, 2.45) is 0 Å². The molecule has 1 aliphatic carbocycles. The molecule has 0 radical (unpaired) electrons. The molecule has 2 atom stereocenters. The summed E-state index contributed by atoms with van der Waals surface area (Å²) in [5, 5.41) is 0. The van der Waals surface area contributed by atoms with Gasteiger partial charge < -0.3 is 9.47 Å². The molecule has 0 aromatic heterocycles. The second-order valence-electron chi connectivity index (χ2n) is 3.24. The number of ether oxygens (including phenoxy) is 2. The van der Waals surface area contributed by atoms with Gasteiger partial charge in [0.1, 0.15) is 6.10 Å². The average Bonchev–Trinajstić information content (AvgIpc) is 2.48. The summed E-state index contributed by atoms with van der Waals surface area (Å²) in [4.78, 5) is 10.7. The Kier molecular flexibility index (Phi) is 3.96. The summed E-state index contributed by atoms with van der Waals surface area (Å²) in [7, 11) is 0. The van der Waals surface area contributed by atoms with E-state index in [0.717, 1.165) is 19.3 Å². The van der Waals surface area contributed by atoms with E-state index in [1.54, 1.807) is 6.08 Å². The van der Waals surface area contributed by atoms with E-state index >= 15 is 0 Å². The number of hydrogen-bond acceptors (Lipinski definition) is 3. The van der Waals surface area contributed by atoms with Crippen LogP contribution in [0.15, 0.2) is 12.7 Å². The van der Waals surface area contributed by atoms with Crippen molar-refractivity contribution in [2.45, 2.75) is 38.4 Å². The maximum absolute atomic E-state index is 10.7. The molecule has 3 heteroatoms. The van der Waals surface area contributed by atoms with Crippen LogP contribution in [-0.4, -0.2) is 24.8 Å². The van der Waals surface area contributed by atoms with Crippen LogP contribution in [-0.2, 0) is 14.3 Å². The molecule has 3 nitrogen and oxygen atoms in total. The molecule has 1 fully saturated rings. The lowest BCUT2D eigenvalue weighted by Crippen LogP contribution is -2.27. The topological polar surface area (TPSA) is 35.5 Å². The van der Waals surface area contributed by atoms with E-state index in [0.29, 0.717) is 6.61 Å². The van der Waals surface area contributed by atoms with Crippen molar-refractivity contribution in [3.8, 4) is 0 Å². The lowest BCUT2D eigenvalue weighted by Gasteiger charge is -2.18. The van der Waals surface area contributed by atoms with Crippen LogP contribution in [0.1, 0.15) is 26.2 Å². The maximum Gasteiger partial charge on any atom is 0.302 e. The van der Waals surface area contributed by atoms with Gasteiger partial charge in [-0.1, -0.05) is 6.08 Å². The fraction of sp³-hybridized carbons (Fsp3) is 0.700. The van der Waals surface area contributed by atoms with Gasteiger partial charge in [0, 0.05) is 6.92 Å². The maximum atomic E-state index is 10.7. The Labute approximate surface area is 78.7 Å². The fourth-order valence-corrected chi connectivity index (χ4v) is 1.62. The highest BCUT2D eigenvalue weighted by atomic mass is 16.6. The first-order valence-electron chi connectivity index (χ1n) is 4.63. The van der Waals surface area contributed by atoms with Crippen LogP contribution in [0.25, 0.3) is 0 Å². The molecule has 0 aromatic carbocycles. The van der Waals surface area contributed by atoms with E-state index < -0.39 is 0 Å². The first-order chi connectivity index (χ1) is 6.24. The SMILES string of the molecule is C=CCO[C@H]1CCCC1OC(C)=O. The molecule has 0 N–H and O–H groups in total. The molecule has 1 unspecified atom stereocenters. The fourth-order valence-electron chi connectivity index (χ4n) is 1.62. The number of carbonyl (C=O) groups excluding carboxylic acids is 1. The molecule has 0 heterocycles. The molecule has 0 saturated heterocycles. The van der Waals surface area contributed by atoms with Gasteiger partial charge in [0.2, 0.25) is 0 Å². The van der Waals surface area contributed by atoms with Gasteiger partial charge in [-0.3, -0.25) is 4.79 Å². The first-order valence-corrected chi connectivity index (χ1v) is 4.63. The summed E-state index contributed by atoms with van der Waals surface area (Å²) in [6.07, 6.45) is 4.70. The molecule has 0 bridgehead atoms. The molecule has 1 rings (SSSR count). The van der Waals surface area contributed by atoms with Gasteiger partial charge in [-0.25, -0.2) is 0 Å². The summed E-state index contributed by atoms with van der Waals surface area (Å²) in [6, 6.07) is 0. The van der Waals surface area contributed by atoms with E-state index in [2.05, 4.69) is 6.58 Å². The van der Waals surface area contributed by atoms with E-state index in [1.165, 1.54) is 6.92 Å². The monoisotopic (exact) mass is 184 g/mol. The summed E-state index contributed by atoms with van der Waals surface area (Å²) >= 11 is 0. The van der Waals surface area contributed by atoms with Gasteiger partial charge in [-0.15, -0.1) is 6.58 Å². The molecular weight excluding hydrogens is 168 g/mol. The van der Waals surface area contributed by atoms with Crippen molar-refractivity contribution in [1.82, 2.24) is 0 Å². The van der Waals surface area contributed by atoms with Gasteiger partial charge >= 0.3 is 5.97 Å². The number of rotatable bonds is 4. The summed E-state index contributed by atoms with van der Waals surface area (Å²) < 4.78 is 10.6. The molecule has 13 heavy (non-hydrogen) atoms. The lowest BCUT2D eigenvalue weighted by molar-refractivity contribution is -0.152. The van der Waals surface area contributed by atoms with E-state index in [-0.39, 0.29) is 18.2 Å². The third kappa shape index (κ3) is 3.19. The quantitative estimate of drug-likeness (QED) is 0.492. The van der Waals surface area contributed by atoms with Gasteiger partial charge in [-0.2, -0.15) is 0 Å². The molecule has 0 amide bonds. The Balaban J connectivity index is 2.34. The second kappa shape index (κ2) is 5.02. The molecule has 0 aliphatic heterocycles. The van der Waals surface area contributed by atoms with E-state index in [9.17, 15) is 4.79 Å². The van der Waals surface area contributed by atoms with Crippen molar-refractivity contribution in [3.63, 3.8) is 0 Å². The summed E-state index contributed by atoms with van der Waals surface area (Å²) in [6.45, 7) is 5.54. The molecule has 0 aromatic rings. The standard InChI is InChI=1S/C10H16O3/c1-3-7-12-9-5-4-6-10(9)13-8(2)11/h3,9-10H,1,4-7H2,2H3/t9-,10?/m0/s1. The lowest BCUT2D eigenvalue weighted by atomic mass is 10.2. The van der Waals surface area contributed by atoms with Crippen molar-refractivity contribution in [3.05, 3.63) is 12.7 Å². The van der Waals surface area contributed by atoms with Crippen LogP contribution in [0.5, 0.6) is 0 Å². The minimum Gasteiger partial charge on any atom is -0.460 e. The third-order valence-corrected chi connectivity index (χ3v) is 2.14. The smallest absolute Gasteiger partial charge is 0.302 e. The van der Waals surface area contributed by atoms with Crippen LogP contribution < -0.4 is 0 Å². The van der Waals surface area contributed by atoms with Crippen molar-refractivity contribution < 1.29 is 14.3 Å². The Hall–Kier alpha value is -0.830. The normalized spacial score (nSPS) is 27.2. The van der Waals surface area contributed by atoms with Gasteiger partial charge in [0.05, 0.1) is 12.7 Å². The zero-order valence-corrected chi connectivity index (χ0v) is 7.99. The summed E-state index contributed by atoms with van der Waals surface area (Å²) in [5.74, 6) is -0.223. The van der Waals surface area contributed by atoms with E-state index in [4.69, 9.17) is 9.47 Å². The van der Waals surface area contributed by atoms with Gasteiger partial charge in [0.15, 0.2) is 0 Å². The van der Waals surface area contributed by atoms with Crippen LogP contribution in [0.2, 0.25) is 0 Å².